The Balaban J connectivity index is 1.73. The SMILES string of the molecule is CCCC(N)Cc1nc(CSC2CCCCC2)no1. The third-order valence-electron chi connectivity index (χ3n) is 3.61. The molecule has 1 atom stereocenters. The van der Waals surface area contributed by atoms with E-state index in [-0.39, 0.29) is 6.04 Å². The van der Waals surface area contributed by atoms with Gasteiger partial charge in [-0.2, -0.15) is 16.7 Å². The summed E-state index contributed by atoms with van der Waals surface area (Å²) in [4.78, 5) is 4.44. The van der Waals surface area contributed by atoms with Crippen LogP contribution in [0.2, 0.25) is 0 Å². The molecule has 2 rings (SSSR count). The zero-order valence-corrected chi connectivity index (χ0v) is 12.6. The highest BCUT2D eigenvalue weighted by molar-refractivity contribution is 7.99. The van der Waals surface area contributed by atoms with Crippen molar-refractivity contribution in [3.05, 3.63) is 11.7 Å². The van der Waals surface area contributed by atoms with Crippen molar-refractivity contribution in [2.45, 2.75) is 75.3 Å². The van der Waals surface area contributed by atoms with Crippen LogP contribution < -0.4 is 5.73 Å². The van der Waals surface area contributed by atoms with Gasteiger partial charge in [0, 0.05) is 17.7 Å². The highest BCUT2D eigenvalue weighted by Gasteiger charge is 2.16. The minimum atomic E-state index is 0.143. The molecule has 1 unspecified atom stereocenters. The number of hydrogen-bond acceptors (Lipinski definition) is 5. The molecule has 1 aliphatic carbocycles. The second kappa shape index (κ2) is 7.90. The lowest BCUT2D eigenvalue weighted by atomic mass is 10.0. The van der Waals surface area contributed by atoms with Crippen LogP contribution >= 0.6 is 11.8 Å². The topological polar surface area (TPSA) is 64.9 Å². The van der Waals surface area contributed by atoms with Crippen molar-refractivity contribution >= 4 is 11.8 Å². The van der Waals surface area contributed by atoms with E-state index in [4.69, 9.17) is 10.3 Å². The highest BCUT2D eigenvalue weighted by atomic mass is 32.2. The third-order valence-corrected chi connectivity index (χ3v) is 4.97. The standard InChI is InChI=1S/C14H25N3OS/c1-2-6-11(15)9-14-16-13(17-18-14)10-19-12-7-4-3-5-8-12/h11-12H,2-10,15H2,1H3. The molecule has 0 bridgehead atoms. The monoisotopic (exact) mass is 283 g/mol. The smallest absolute Gasteiger partial charge is 0.228 e. The fourth-order valence-electron chi connectivity index (χ4n) is 2.55. The van der Waals surface area contributed by atoms with Gasteiger partial charge in [-0.05, 0) is 19.3 Å². The fourth-order valence-corrected chi connectivity index (χ4v) is 3.72. The highest BCUT2D eigenvalue weighted by Crippen LogP contribution is 2.29. The molecular weight excluding hydrogens is 258 g/mol. The first-order valence-corrected chi connectivity index (χ1v) is 8.51. The normalized spacial score (nSPS) is 18.6. The van der Waals surface area contributed by atoms with Crippen molar-refractivity contribution in [2.75, 3.05) is 0 Å². The van der Waals surface area contributed by atoms with Gasteiger partial charge in [0.1, 0.15) is 0 Å². The van der Waals surface area contributed by atoms with E-state index >= 15 is 0 Å². The molecule has 19 heavy (non-hydrogen) atoms. The van der Waals surface area contributed by atoms with E-state index < -0.39 is 0 Å². The number of aromatic nitrogens is 2. The van der Waals surface area contributed by atoms with Crippen LogP contribution in [0, 0.1) is 0 Å². The Morgan fingerprint density at radius 1 is 1.37 bits per heavy atom. The Morgan fingerprint density at radius 2 is 2.16 bits per heavy atom. The van der Waals surface area contributed by atoms with E-state index in [0.29, 0.717) is 12.3 Å². The molecule has 1 heterocycles. The van der Waals surface area contributed by atoms with Gasteiger partial charge in [-0.25, -0.2) is 0 Å². The predicted molar refractivity (Wildman–Crippen MR) is 79.1 cm³/mol. The van der Waals surface area contributed by atoms with Gasteiger partial charge in [-0.1, -0.05) is 37.8 Å². The number of thioether (sulfide) groups is 1. The first kappa shape index (κ1) is 14.9. The lowest BCUT2D eigenvalue weighted by Gasteiger charge is -2.19. The van der Waals surface area contributed by atoms with E-state index in [9.17, 15) is 0 Å². The third kappa shape index (κ3) is 5.15. The minimum Gasteiger partial charge on any atom is -0.339 e. The number of hydrogen-bond donors (Lipinski definition) is 1. The molecule has 1 aromatic rings. The van der Waals surface area contributed by atoms with Crippen LogP contribution in [-0.2, 0) is 12.2 Å². The maximum Gasteiger partial charge on any atom is 0.228 e. The van der Waals surface area contributed by atoms with Crippen molar-refractivity contribution in [3.8, 4) is 0 Å². The van der Waals surface area contributed by atoms with E-state index in [1.165, 1.54) is 32.1 Å². The summed E-state index contributed by atoms with van der Waals surface area (Å²) in [6.07, 6.45) is 9.65. The van der Waals surface area contributed by atoms with Crippen molar-refractivity contribution < 1.29 is 4.52 Å². The molecule has 1 saturated carbocycles. The molecule has 1 aromatic heterocycles. The molecule has 5 heteroatoms. The van der Waals surface area contributed by atoms with Crippen molar-refractivity contribution in [3.63, 3.8) is 0 Å². The van der Waals surface area contributed by atoms with Gasteiger partial charge >= 0.3 is 0 Å². The van der Waals surface area contributed by atoms with E-state index in [1.807, 2.05) is 11.8 Å². The molecule has 108 valence electrons. The number of rotatable bonds is 7. The van der Waals surface area contributed by atoms with Gasteiger partial charge in [0.2, 0.25) is 5.89 Å². The number of nitrogens with two attached hydrogens (primary N) is 1. The first-order valence-electron chi connectivity index (χ1n) is 7.46. The number of nitrogens with zero attached hydrogens (tertiary/aromatic N) is 2. The molecule has 0 amide bonds. The summed E-state index contributed by atoms with van der Waals surface area (Å²) in [6, 6.07) is 0.143. The lowest BCUT2D eigenvalue weighted by molar-refractivity contribution is 0.362. The molecule has 1 aliphatic rings. The summed E-state index contributed by atoms with van der Waals surface area (Å²) >= 11 is 1.98. The van der Waals surface area contributed by atoms with Crippen LogP contribution in [0.1, 0.15) is 63.6 Å². The molecule has 2 N–H and O–H groups in total. The maximum atomic E-state index is 5.98. The van der Waals surface area contributed by atoms with Crippen LogP contribution in [0.15, 0.2) is 4.52 Å². The van der Waals surface area contributed by atoms with Crippen LogP contribution in [0.25, 0.3) is 0 Å². The van der Waals surface area contributed by atoms with Gasteiger partial charge in [0.25, 0.3) is 0 Å². The van der Waals surface area contributed by atoms with Crippen molar-refractivity contribution in [2.24, 2.45) is 5.73 Å². The Bertz CT molecular complexity index is 363. The van der Waals surface area contributed by atoms with E-state index in [2.05, 4.69) is 17.1 Å². The second-order valence-corrected chi connectivity index (χ2v) is 6.72. The maximum absolute atomic E-state index is 5.98. The van der Waals surface area contributed by atoms with E-state index in [1.54, 1.807) is 0 Å². The molecule has 4 nitrogen and oxygen atoms in total. The molecule has 0 radical (unpaired) electrons. The predicted octanol–water partition coefficient (Wildman–Crippen LogP) is 3.31. The molecular formula is C14H25N3OS. The van der Waals surface area contributed by atoms with Gasteiger partial charge in [0.05, 0.1) is 5.75 Å². The second-order valence-electron chi connectivity index (χ2n) is 5.43. The summed E-state index contributed by atoms with van der Waals surface area (Å²) in [5, 5.41) is 4.84. The molecule has 0 aliphatic heterocycles. The summed E-state index contributed by atoms with van der Waals surface area (Å²) < 4.78 is 5.27. The Hall–Kier alpha value is -0.550. The van der Waals surface area contributed by atoms with Gasteiger partial charge in [0.15, 0.2) is 5.82 Å². The average molecular weight is 283 g/mol. The Labute approximate surface area is 119 Å². The lowest BCUT2D eigenvalue weighted by Crippen LogP contribution is -2.22. The average Bonchev–Trinajstić information content (AvgIpc) is 2.85. The van der Waals surface area contributed by atoms with Crippen LogP contribution in [-0.4, -0.2) is 21.4 Å². The molecule has 0 saturated heterocycles. The van der Waals surface area contributed by atoms with Gasteiger partial charge in [-0.15, -0.1) is 0 Å². The first-order chi connectivity index (χ1) is 9.28. The summed E-state index contributed by atoms with van der Waals surface area (Å²) in [5.74, 6) is 2.39. The van der Waals surface area contributed by atoms with Crippen LogP contribution in [0.4, 0.5) is 0 Å². The van der Waals surface area contributed by atoms with Crippen LogP contribution in [0.5, 0.6) is 0 Å². The zero-order valence-electron chi connectivity index (χ0n) is 11.8. The largest absolute Gasteiger partial charge is 0.339 e. The summed E-state index contributed by atoms with van der Waals surface area (Å²) in [5.41, 5.74) is 5.98. The Morgan fingerprint density at radius 3 is 2.89 bits per heavy atom. The zero-order chi connectivity index (χ0) is 13.5. The van der Waals surface area contributed by atoms with E-state index in [0.717, 1.165) is 29.7 Å². The van der Waals surface area contributed by atoms with Crippen molar-refractivity contribution in [1.29, 1.82) is 0 Å². The molecule has 0 aromatic carbocycles. The molecule has 1 fully saturated rings. The van der Waals surface area contributed by atoms with Gasteiger partial charge in [-0.3, -0.25) is 0 Å². The molecule has 0 spiro atoms. The minimum absolute atomic E-state index is 0.143. The fraction of sp³-hybridized carbons (Fsp3) is 0.857. The van der Waals surface area contributed by atoms with Gasteiger partial charge < -0.3 is 10.3 Å². The Kier molecular flexibility index (Phi) is 6.17. The van der Waals surface area contributed by atoms with Crippen molar-refractivity contribution in [1.82, 2.24) is 10.1 Å². The summed E-state index contributed by atoms with van der Waals surface area (Å²) in [6.45, 7) is 2.14. The van der Waals surface area contributed by atoms with Crippen LogP contribution in [0.3, 0.4) is 0 Å². The quantitative estimate of drug-likeness (QED) is 0.831. The summed E-state index contributed by atoms with van der Waals surface area (Å²) in [7, 11) is 0.